The molecule has 0 aliphatic carbocycles. The van der Waals surface area contributed by atoms with Crippen LogP contribution in [0.1, 0.15) is 10.4 Å². The van der Waals surface area contributed by atoms with Crippen molar-refractivity contribution in [3.05, 3.63) is 45.9 Å². The molecule has 0 aliphatic heterocycles. The van der Waals surface area contributed by atoms with Gasteiger partial charge in [-0.3, -0.25) is 0 Å². The summed E-state index contributed by atoms with van der Waals surface area (Å²) in [6, 6.07) is 6.16. The number of aryl methyl sites for hydroxylation is 1. The van der Waals surface area contributed by atoms with Gasteiger partial charge in [-0.05, 0) is 36.1 Å². The van der Waals surface area contributed by atoms with Crippen LogP contribution in [0.15, 0.2) is 34.5 Å². The molecule has 1 heterocycles. The van der Waals surface area contributed by atoms with Crippen LogP contribution in [-0.4, -0.2) is 16.9 Å². The smallest absolute Gasteiger partial charge is 0.343 e. The predicted octanol–water partition coefficient (Wildman–Crippen LogP) is 5.64. The average Bonchev–Trinajstić information content (AvgIpc) is 2.93. The zero-order chi connectivity index (χ0) is 16.3. The monoisotopic (exact) mass is 365 g/mol. The highest BCUT2D eigenvalue weighted by molar-refractivity contribution is 7.99. The van der Waals surface area contributed by atoms with Crippen LogP contribution >= 0.6 is 35.3 Å². The zero-order valence-corrected chi connectivity index (χ0v) is 13.8. The second-order valence-corrected chi connectivity index (χ2v) is 6.81. The lowest BCUT2D eigenvalue weighted by atomic mass is 10.2. The van der Waals surface area contributed by atoms with Crippen molar-refractivity contribution < 1.29 is 17.6 Å². The van der Waals surface area contributed by atoms with Crippen LogP contribution in [0.2, 0.25) is 0 Å². The number of thiocarbonyl (C=S) groups is 1. The highest BCUT2D eigenvalue weighted by atomic mass is 32.2. The summed E-state index contributed by atoms with van der Waals surface area (Å²) in [6.45, 7) is 1.57. The van der Waals surface area contributed by atoms with Crippen molar-refractivity contribution in [2.45, 2.75) is 18.0 Å². The van der Waals surface area contributed by atoms with Crippen LogP contribution in [0.25, 0.3) is 0 Å². The first kappa shape index (κ1) is 17.2. The quantitative estimate of drug-likeness (QED) is 0.428. The second-order valence-electron chi connectivity index (χ2n) is 4.43. The van der Waals surface area contributed by atoms with E-state index in [9.17, 15) is 17.6 Å². The Bertz CT molecular complexity index is 665. The molecule has 1 aromatic carbocycles. The van der Waals surface area contributed by atoms with Gasteiger partial charge in [0, 0.05) is 4.90 Å². The Balaban J connectivity index is 2.19. The summed E-state index contributed by atoms with van der Waals surface area (Å²) in [4.78, 5) is 1.47. The van der Waals surface area contributed by atoms with Crippen molar-refractivity contribution in [3.8, 4) is 0 Å². The third kappa shape index (κ3) is 4.69. The van der Waals surface area contributed by atoms with Crippen LogP contribution in [-0.2, 0) is 0 Å². The molecule has 22 heavy (non-hydrogen) atoms. The SMILES string of the molecule is Cc1cc(F)c(NC(=S)c2cccs2)cc1SCC(F)(F)F. The summed E-state index contributed by atoms with van der Waals surface area (Å²) in [5, 5.41) is 4.58. The van der Waals surface area contributed by atoms with Crippen molar-refractivity contribution in [3.63, 3.8) is 0 Å². The molecule has 0 unspecified atom stereocenters. The molecule has 0 saturated carbocycles. The van der Waals surface area contributed by atoms with Gasteiger partial charge in [0.1, 0.15) is 10.8 Å². The number of anilines is 1. The molecule has 0 bridgehead atoms. The molecule has 0 amide bonds. The van der Waals surface area contributed by atoms with Crippen LogP contribution in [0, 0.1) is 12.7 Å². The zero-order valence-electron chi connectivity index (χ0n) is 11.3. The minimum Gasteiger partial charge on any atom is -0.343 e. The second kappa shape index (κ2) is 6.97. The minimum absolute atomic E-state index is 0.0775. The maximum atomic E-state index is 14.0. The molecule has 1 nitrogen and oxygen atoms in total. The number of hydrogen-bond donors (Lipinski definition) is 1. The fourth-order valence-electron chi connectivity index (χ4n) is 1.66. The van der Waals surface area contributed by atoms with Crippen LogP contribution in [0.4, 0.5) is 23.2 Å². The normalized spacial score (nSPS) is 11.5. The van der Waals surface area contributed by atoms with E-state index in [1.54, 1.807) is 13.0 Å². The van der Waals surface area contributed by atoms with Crippen LogP contribution in [0.3, 0.4) is 0 Å². The van der Waals surface area contributed by atoms with Gasteiger partial charge >= 0.3 is 6.18 Å². The van der Waals surface area contributed by atoms with Crippen molar-refractivity contribution in [2.24, 2.45) is 0 Å². The summed E-state index contributed by atoms with van der Waals surface area (Å²) < 4.78 is 50.9. The van der Waals surface area contributed by atoms with Gasteiger partial charge in [-0.1, -0.05) is 18.3 Å². The van der Waals surface area contributed by atoms with Gasteiger partial charge in [0.15, 0.2) is 0 Å². The van der Waals surface area contributed by atoms with E-state index in [-0.39, 0.29) is 5.69 Å². The highest BCUT2D eigenvalue weighted by Crippen LogP contribution is 2.32. The number of benzene rings is 1. The summed E-state index contributed by atoms with van der Waals surface area (Å²) in [7, 11) is 0. The first-order chi connectivity index (χ1) is 10.3. The van der Waals surface area contributed by atoms with E-state index < -0.39 is 17.7 Å². The average molecular weight is 365 g/mol. The van der Waals surface area contributed by atoms with Gasteiger partial charge in [-0.15, -0.1) is 23.1 Å². The van der Waals surface area contributed by atoms with E-state index in [1.807, 2.05) is 11.4 Å². The Hall–Kier alpha value is -1.12. The van der Waals surface area contributed by atoms with E-state index >= 15 is 0 Å². The molecule has 0 spiro atoms. The topological polar surface area (TPSA) is 12.0 Å². The first-order valence-electron chi connectivity index (χ1n) is 6.11. The van der Waals surface area contributed by atoms with E-state index in [4.69, 9.17) is 12.2 Å². The number of nitrogens with one attached hydrogen (secondary N) is 1. The largest absolute Gasteiger partial charge is 0.398 e. The molecule has 0 atom stereocenters. The molecule has 0 radical (unpaired) electrons. The van der Waals surface area contributed by atoms with Gasteiger partial charge in [0.2, 0.25) is 0 Å². The van der Waals surface area contributed by atoms with Crippen molar-refractivity contribution in [1.82, 2.24) is 0 Å². The molecular weight excluding hydrogens is 354 g/mol. The fourth-order valence-corrected chi connectivity index (χ4v) is 3.40. The fraction of sp³-hybridized carbons (Fsp3) is 0.214. The highest BCUT2D eigenvalue weighted by Gasteiger charge is 2.27. The molecule has 1 aromatic heterocycles. The number of thioether (sulfide) groups is 1. The maximum absolute atomic E-state index is 14.0. The molecule has 0 aliphatic rings. The number of alkyl halides is 3. The lowest BCUT2D eigenvalue weighted by Gasteiger charge is -2.13. The van der Waals surface area contributed by atoms with E-state index in [0.717, 1.165) is 4.88 Å². The van der Waals surface area contributed by atoms with Crippen molar-refractivity contribution >= 4 is 46.0 Å². The Labute approximate surface area is 138 Å². The van der Waals surface area contributed by atoms with Gasteiger partial charge in [0.25, 0.3) is 0 Å². The third-order valence-electron chi connectivity index (χ3n) is 2.65. The van der Waals surface area contributed by atoms with Crippen LogP contribution < -0.4 is 5.32 Å². The van der Waals surface area contributed by atoms with Crippen molar-refractivity contribution in [2.75, 3.05) is 11.1 Å². The summed E-state index contributed by atoms with van der Waals surface area (Å²) in [6.07, 6.45) is -4.27. The third-order valence-corrected chi connectivity index (χ3v) is 5.21. The molecule has 1 N–H and O–H groups in total. The van der Waals surface area contributed by atoms with Gasteiger partial charge in [-0.2, -0.15) is 13.2 Å². The summed E-state index contributed by atoms with van der Waals surface area (Å²) in [5.74, 6) is -1.57. The minimum atomic E-state index is -4.27. The van der Waals surface area contributed by atoms with Gasteiger partial charge in [0.05, 0.1) is 16.3 Å². The Morgan fingerprint density at radius 2 is 2.09 bits per heavy atom. The number of halogens is 4. The van der Waals surface area contributed by atoms with Gasteiger partial charge in [-0.25, -0.2) is 4.39 Å². The molecule has 8 heteroatoms. The predicted molar refractivity (Wildman–Crippen MR) is 87.6 cm³/mol. The molecule has 2 aromatic rings. The number of rotatable bonds is 4. The summed E-state index contributed by atoms with van der Waals surface area (Å²) >= 11 is 7.19. The van der Waals surface area contributed by atoms with Gasteiger partial charge < -0.3 is 5.32 Å². The number of hydrogen-bond acceptors (Lipinski definition) is 3. The van der Waals surface area contributed by atoms with Crippen molar-refractivity contribution in [1.29, 1.82) is 0 Å². The summed E-state index contributed by atoms with van der Waals surface area (Å²) in [5.41, 5.74) is 0.535. The lowest BCUT2D eigenvalue weighted by molar-refractivity contribution is -0.105. The molecule has 0 saturated heterocycles. The Morgan fingerprint density at radius 1 is 1.36 bits per heavy atom. The Kier molecular flexibility index (Phi) is 5.46. The molecular formula is C14H11F4NS3. The molecule has 0 fully saturated rings. The molecule has 118 valence electrons. The first-order valence-corrected chi connectivity index (χ1v) is 8.38. The lowest BCUT2D eigenvalue weighted by Crippen LogP contribution is -2.12. The van der Waals surface area contributed by atoms with E-state index in [1.165, 1.54) is 23.5 Å². The Morgan fingerprint density at radius 3 is 2.68 bits per heavy atom. The standard InChI is InChI=1S/C14H11F4NS3/c1-8-5-9(15)10(6-12(8)22-7-14(16,17)18)19-13(20)11-3-2-4-21-11/h2-6H,7H2,1H3,(H,19,20). The maximum Gasteiger partial charge on any atom is 0.398 e. The molecule has 2 rings (SSSR count). The van der Waals surface area contributed by atoms with Crippen LogP contribution in [0.5, 0.6) is 0 Å². The van der Waals surface area contributed by atoms with E-state index in [0.29, 0.717) is 27.2 Å². The van der Waals surface area contributed by atoms with E-state index in [2.05, 4.69) is 5.32 Å². The number of thiophene rings is 1.